The first-order valence-electron chi connectivity index (χ1n) is 9.08. The number of benzene rings is 3. The van der Waals surface area contributed by atoms with Crippen molar-refractivity contribution in [3.63, 3.8) is 0 Å². The van der Waals surface area contributed by atoms with Crippen molar-refractivity contribution in [1.29, 1.82) is 0 Å². The van der Waals surface area contributed by atoms with Crippen LogP contribution in [0.3, 0.4) is 0 Å². The summed E-state index contributed by atoms with van der Waals surface area (Å²) in [6.45, 7) is 0. The molecule has 0 spiro atoms. The quantitative estimate of drug-likeness (QED) is 0.181. The SMILES string of the molecule is Ic1c(-c2sc3ccccc3c2-c2oc3ccccc3c2I)oc2ccccc12. The Balaban J connectivity index is 1.73. The molecule has 0 saturated carbocycles. The number of para-hydroxylation sites is 2. The zero-order valence-electron chi connectivity index (χ0n) is 14.9. The molecule has 0 radical (unpaired) electrons. The Morgan fingerprint density at radius 3 is 1.76 bits per heavy atom. The lowest BCUT2D eigenvalue weighted by molar-refractivity contribution is 0.624. The average Bonchev–Trinajstić information content (AvgIpc) is 3.40. The Labute approximate surface area is 197 Å². The minimum absolute atomic E-state index is 0.910. The predicted molar refractivity (Wildman–Crippen MR) is 138 cm³/mol. The van der Waals surface area contributed by atoms with Gasteiger partial charge in [0.05, 0.1) is 12.0 Å². The third-order valence-corrected chi connectivity index (χ3v) is 8.41. The summed E-state index contributed by atoms with van der Waals surface area (Å²) in [6.07, 6.45) is 0. The van der Waals surface area contributed by atoms with Crippen LogP contribution in [-0.2, 0) is 0 Å². The maximum atomic E-state index is 6.38. The van der Waals surface area contributed by atoms with Gasteiger partial charge in [0, 0.05) is 26.4 Å². The first kappa shape index (κ1) is 18.0. The van der Waals surface area contributed by atoms with E-state index in [2.05, 4.69) is 93.7 Å². The topological polar surface area (TPSA) is 26.3 Å². The summed E-state index contributed by atoms with van der Waals surface area (Å²) in [6, 6.07) is 24.9. The smallest absolute Gasteiger partial charge is 0.159 e. The van der Waals surface area contributed by atoms with Crippen LogP contribution in [0.25, 0.3) is 54.0 Å². The maximum absolute atomic E-state index is 6.38. The van der Waals surface area contributed by atoms with Gasteiger partial charge in [-0.3, -0.25) is 0 Å². The number of hydrogen-bond acceptors (Lipinski definition) is 3. The lowest BCUT2D eigenvalue weighted by atomic mass is 10.1. The number of halogens is 2. The second kappa shape index (κ2) is 6.85. The Morgan fingerprint density at radius 2 is 1.10 bits per heavy atom. The van der Waals surface area contributed by atoms with Crippen LogP contribution in [0.1, 0.15) is 0 Å². The summed E-state index contributed by atoms with van der Waals surface area (Å²) in [5, 5.41) is 3.48. The summed E-state index contributed by atoms with van der Waals surface area (Å²) in [4.78, 5) is 1.11. The normalized spacial score (nSPS) is 11.8. The highest BCUT2D eigenvalue weighted by atomic mass is 127. The van der Waals surface area contributed by atoms with E-state index in [1.807, 2.05) is 24.3 Å². The number of furan rings is 2. The molecule has 0 aliphatic heterocycles. The van der Waals surface area contributed by atoms with E-state index in [1.165, 1.54) is 10.1 Å². The molecule has 0 aliphatic rings. The van der Waals surface area contributed by atoms with Gasteiger partial charge in [0.25, 0.3) is 0 Å². The van der Waals surface area contributed by atoms with Crippen LogP contribution < -0.4 is 0 Å². The van der Waals surface area contributed by atoms with Gasteiger partial charge in [-0.25, -0.2) is 0 Å². The highest BCUT2D eigenvalue weighted by Gasteiger charge is 2.26. The van der Waals surface area contributed by atoms with Crippen molar-refractivity contribution < 1.29 is 8.83 Å². The van der Waals surface area contributed by atoms with Crippen molar-refractivity contribution in [3.05, 3.63) is 79.9 Å². The predicted octanol–water partition coefficient (Wildman–Crippen LogP) is 8.94. The van der Waals surface area contributed by atoms with Gasteiger partial charge in [-0.15, -0.1) is 11.3 Å². The van der Waals surface area contributed by atoms with Gasteiger partial charge >= 0.3 is 0 Å². The molecular weight excluding hydrogens is 606 g/mol. The van der Waals surface area contributed by atoms with Gasteiger partial charge in [-0.05, 0) is 63.4 Å². The van der Waals surface area contributed by atoms with E-state index >= 15 is 0 Å². The van der Waals surface area contributed by atoms with Gasteiger partial charge in [-0.1, -0.05) is 54.6 Å². The van der Waals surface area contributed by atoms with Crippen LogP contribution in [0.2, 0.25) is 0 Å². The fourth-order valence-corrected chi connectivity index (χ4v) is 6.79. The molecule has 5 heteroatoms. The largest absolute Gasteiger partial charge is 0.455 e. The first-order valence-corrected chi connectivity index (χ1v) is 12.1. The number of fused-ring (bicyclic) bond motifs is 3. The van der Waals surface area contributed by atoms with E-state index in [-0.39, 0.29) is 0 Å². The summed E-state index contributed by atoms with van der Waals surface area (Å²) >= 11 is 6.56. The molecule has 3 aromatic heterocycles. The Bertz CT molecular complexity index is 1540. The van der Waals surface area contributed by atoms with Crippen LogP contribution >= 0.6 is 56.5 Å². The average molecular weight is 618 g/mol. The second-order valence-electron chi connectivity index (χ2n) is 6.79. The van der Waals surface area contributed by atoms with Crippen molar-refractivity contribution >= 4 is 88.5 Å². The molecule has 0 atom stereocenters. The zero-order chi connectivity index (χ0) is 19.5. The molecule has 0 N–H and O–H groups in total. The second-order valence-corrected chi connectivity index (χ2v) is 9.99. The Hall–Kier alpha value is -1.84. The Kier molecular flexibility index (Phi) is 4.25. The van der Waals surface area contributed by atoms with Gasteiger partial charge in [0.15, 0.2) is 11.5 Å². The number of rotatable bonds is 2. The standard InChI is InChI=1S/C24H12I2O2S/c25-20-13-7-1-4-10-16(13)27-22(20)19-15-9-3-6-12-18(15)29-24(19)23-21(26)14-8-2-5-11-17(14)28-23/h1-12H. The maximum Gasteiger partial charge on any atom is 0.159 e. The highest BCUT2D eigenvalue weighted by Crippen LogP contribution is 2.50. The molecule has 2 nitrogen and oxygen atoms in total. The number of hydrogen-bond donors (Lipinski definition) is 0. The molecule has 3 heterocycles. The van der Waals surface area contributed by atoms with Gasteiger partial charge < -0.3 is 8.83 Å². The minimum atomic E-state index is 0.910. The summed E-state index contributed by atoms with van der Waals surface area (Å²) in [7, 11) is 0. The molecule has 0 fully saturated rings. The van der Waals surface area contributed by atoms with Gasteiger partial charge in [0.1, 0.15) is 11.2 Å². The van der Waals surface area contributed by atoms with E-state index in [9.17, 15) is 0 Å². The van der Waals surface area contributed by atoms with Crippen molar-refractivity contribution in [3.8, 4) is 22.0 Å². The molecule has 0 aliphatic carbocycles. The summed E-state index contributed by atoms with van der Waals surface area (Å²) in [5.74, 6) is 1.83. The lowest BCUT2D eigenvalue weighted by Crippen LogP contribution is -1.81. The van der Waals surface area contributed by atoms with Crippen molar-refractivity contribution in [1.82, 2.24) is 0 Å². The van der Waals surface area contributed by atoms with Crippen LogP contribution in [-0.4, -0.2) is 0 Å². The third-order valence-electron chi connectivity index (χ3n) is 5.10. The van der Waals surface area contributed by atoms with E-state index in [1.54, 1.807) is 11.3 Å². The fraction of sp³-hybridized carbons (Fsp3) is 0. The zero-order valence-corrected chi connectivity index (χ0v) is 20.0. The molecule has 140 valence electrons. The summed E-state index contributed by atoms with van der Waals surface area (Å²) < 4.78 is 16.2. The monoisotopic (exact) mass is 618 g/mol. The van der Waals surface area contributed by atoms with E-state index < -0.39 is 0 Å². The van der Waals surface area contributed by atoms with Crippen LogP contribution in [0.4, 0.5) is 0 Å². The van der Waals surface area contributed by atoms with Crippen LogP contribution in [0.15, 0.2) is 81.6 Å². The van der Waals surface area contributed by atoms with Gasteiger partial charge in [-0.2, -0.15) is 0 Å². The molecule has 0 bridgehead atoms. The summed E-state index contributed by atoms with van der Waals surface area (Å²) in [5.41, 5.74) is 2.94. The molecule has 0 saturated heterocycles. The molecule has 29 heavy (non-hydrogen) atoms. The molecular formula is C24H12I2O2S. The van der Waals surface area contributed by atoms with Crippen molar-refractivity contribution in [2.24, 2.45) is 0 Å². The van der Waals surface area contributed by atoms with E-state index in [0.29, 0.717) is 0 Å². The van der Waals surface area contributed by atoms with Crippen LogP contribution in [0, 0.1) is 7.14 Å². The third kappa shape index (κ3) is 2.70. The van der Waals surface area contributed by atoms with Gasteiger partial charge in [0.2, 0.25) is 0 Å². The molecule has 6 rings (SSSR count). The Morgan fingerprint density at radius 1 is 0.586 bits per heavy atom. The minimum Gasteiger partial charge on any atom is -0.455 e. The highest BCUT2D eigenvalue weighted by molar-refractivity contribution is 14.1. The van der Waals surface area contributed by atoms with E-state index in [0.717, 1.165) is 51.0 Å². The lowest BCUT2D eigenvalue weighted by Gasteiger charge is -2.02. The first-order chi connectivity index (χ1) is 14.2. The molecule has 3 aromatic carbocycles. The molecule has 0 amide bonds. The van der Waals surface area contributed by atoms with Crippen molar-refractivity contribution in [2.75, 3.05) is 0 Å². The molecule has 6 aromatic rings. The number of thiophene rings is 1. The fourth-order valence-electron chi connectivity index (χ4n) is 3.77. The van der Waals surface area contributed by atoms with Crippen LogP contribution in [0.5, 0.6) is 0 Å². The van der Waals surface area contributed by atoms with Crippen molar-refractivity contribution in [2.45, 2.75) is 0 Å². The van der Waals surface area contributed by atoms with E-state index in [4.69, 9.17) is 8.83 Å². The molecule has 0 unspecified atom stereocenters.